The molecule has 0 aliphatic heterocycles. The molecule has 1 atom stereocenters. The molecule has 1 unspecified atom stereocenters. The number of nitrogens with zero attached hydrogens (tertiary/aromatic N) is 2. The SMILES string of the molecule is COCC(Nc1ccc(Cn2cccn2)cc1)C(C)C. The minimum Gasteiger partial charge on any atom is -0.383 e. The number of ether oxygens (including phenoxy) is 1. The van der Waals surface area contributed by atoms with Gasteiger partial charge in [0.15, 0.2) is 0 Å². The molecule has 0 spiro atoms. The van der Waals surface area contributed by atoms with Crippen molar-refractivity contribution in [1.82, 2.24) is 9.78 Å². The van der Waals surface area contributed by atoms with Crippen molar-refractivity contribution in [3.63, 3.8) is 0 Å². The minimum absolute atomic E-state index is 0.331. The van der Waals surface area contributed by atoms with Gasteiger partial charge in [-0.05, 0) is 29.7 Å². The highest BCUT2D eigenvalue weighted by atomic mass is 16.5. The molecule has 0 amide bonds. The van der Waals surface area contributed by atoms with E-state index >= 15 is 0 Å². The highest BCUT2D eigenvalue weighted by Crippen LogP contribution is 2.15. The maximum absolute atomic E-state index is 5.26. The lowest BCUT2D eigenvalue weighted by atomic mass is 10.0. The molecule has 2 rings (SSSR count). The van der Waals surface area contributed by atoms with E-state index in [1.807, 2.05) is 16.9 Å². The van der Waals surface area contributed by atoms with E-state index in [4.69, 9.17) is 4.74 Å². The Kier molecular flexibility index (Phi) is 5.18. The van der Waals surface area contributed by atoms with Crippen molar-refractivity contribution in [2.75, 3.05) is 19.0 Å². The van der Waals surface area contributed by atoms with Gasteiger partial charge < -0.3 is 10.1 Å². The molecule has 0 aliphatic carbocycles. The smallest absolute Gasteiger partial charge is 0.0666 e. The van der Waals surface area contributed by atoms with Gasteiger partial charge in [-0.25, -0.2) is 0 Å². The maximum atomic E-state index is 5.26. The highest BCUT2D eigenvalue weighted by molar-refractivity contribution is 5.45. The Bertz CT molecular complexity index is 491. The normalized spacial score (nSPS) is 12.6. The Balaban J connectivity index is 1.97. The fraction of sp³-hybridized carbons (Fsp3) is 0.438. The Morgan fingerprint density at radius 1 is 1.25 bits per heavy atom. The van der Waals surface area contributed by atoms with E-state index in [1.54, 1.807) is 13.3 Å². The monoisotopic (exact) mass is 273 g/mol. The zero-order valence-electron chi connectivity index (χ0n) is 12.4. The second-order valence-electron chi connectivity index (χ2n) is 5.35. The van der Waals surface area contributed by atoms with Crippen molar-refractivity contribution in [2.45, 2.75) is 26.4 Å². The first-order chi connectivity index (χ1) is 9.69. The lowest BCUT2D eigenvalue weighted by Crippen LogP contribution is -2.30. The molecule has 0 aliphatic rings. The first-order valence-electron chi connectivity index (χ1n) is 7.01. The molecule has 20 heavy (non-hydrogen) atoms. The number of anilines is 1. The molecule has 0 saturated carbocycles. The lowest BCUT2D eigenvalue weighted by Gasteiger charge is -2.22. The molecule has 0 bridgehead atoms. The second-order valence-corrected chi connectivity index (χ2v) is 5.35. The molecule has 0 saturated heterocycles. The van der Waals surface area contributed by atoms with Crippen LogP contribution < -0.4 is 5.32 Å². The molecule has 1 aromatic carbocycles. The standard InChI is InChI=1S/C16H23N3O/c1-13(2)16(12-20-3)18-15-7-5-14(6-8-15)11-19-10-4-9-17-19/h4-10,13,16,18H,11-12H2,1-3H3. The molecule has 0 radical (unpaired) electrons. The third kappa shape index (κ3) is 4.10. The van der Waals surface area contributed by atoms with Crippen LogP contribution in [-0.2, 0) is 11.3 Å². The van der Waals surface area contributed by atoms with E-state index in [0.29, 0.717) is 18.6 Å². The van der Waals surface area contributed by atoms with Gasteiger partial charge in [-0.1, -0.05) is 26.0 Å². The molecule has 4 nitrogen and oxygen atoms in total. The molecule has 1 aromatic heterocycles. The van der Waals surface area contributed by atoms with Gasteiger partial charge in [0, 0.05) is 25.2 Å². The number of aromatic nitrogens is 2. The quantitative estimate of drug-likeness (QED) is 0.843. The van der Waals surface area contributed by atoms with Crippen molar-refractivity contribution < 1.29 is 4.74 Å². The van der Waals surface area contributed by atoms with Gasteiger partial charge in [0.05, 0.1) is 19.2 Å². The van der Waals surface area contributed by atoms with E-state index in [1.165, 1.54) is 5.56 Å². The van der Waals surface area contributed by atoms with Crippen molar-refractivity contribution in [3.8, 4) is 0 Å². The number of methoxy groups -OCH3 is 1. The number of rotatable bonds is 7. The van der Waals surface area contributed by atoms with Crippen LogP contribution in [0.2, 0.25) is 0 Å². The van der Waals surface area contributed by atoms with E-state index < -0.39 is 0 Å². The minimum atomic E-state index is 0.331. The van der Waals surface area contributed by atoms with Crippen molar-refractivity contribution in [3.05, 3.63) is 48.3 Å². The zero-order valence-corrected chi connectivity index (χ0v) is 12.4. The first-order valence-corrected chi connectivity index (χ1v) is 7.01. The Morgan fingerprint density at radius 3 is 2.55 bits per heavy atom. The number of benzene rings is 1. The number of hydrogen-bond acceptors (Lipinski definition) is 3. The summed E-state index contributed by atoms with van der Waals surface area (Å²) in [6.07, 6.45) is 3.77. The van der Waals surface area contributed by atoms with Crippen LogP contribution in [0.5, 0.6) is 0 Å². The highest BCUT2D eigenvalue weighted by Gasteiger charge is 2.12. The zero-order chi connectivity index (χ0) is 14.4. The van der Waals surface area contributed by atoms with E-state index in [0.717, 1.165) is 12.2 Å². The Hall–Kier alpha value is -1.81. The Morgan fingerprint density at radius 2 is 2.00 bits per heavy atom. The predicted octanol–water partition coefficient (Wildman–Crippen LogP) is 3.01. The summed E-state index contributed by atoms with van der Waals surface area (Å²) in [5, 5.41) is 7.73. The van der Waals surface area contributed by atoms with Crippen LogP contribution >= 0.6 is 0 Å². The van der Waals surface area contributed by atoms with Crippen LogP contribution in [0.1, 0.15) is 19.4 Å². The molecule has 1 N–H and O–H groups in total. The summed E-state index contributed by atoms with van der Waals surface area (Å²) in [6, 6.07) is 10.8. The van der Waals surface area contributed by atoms with Crippen molar-refractivity contribution in [2.24, 2.45) is 5.92 Å². The van der Waals surface area contributed by atoms with E-state index in [2.05, 4.69) is 48.5 Å². The van der Waals surface area contributed by atoms with Gasteiger partial charge >= 0.3 is 0 Å². The summed E-state index contributed by atoms with van der Waals surface area (Å²) in [7, 11) is 1.74. The van der Waals surface area contributed by atoms with Crippen LogP contribution in [-0.4, -0.2) is 29.5 Å². The Labute approximate surface area is 120 Å². The average molecular weight is 273 g/mol. The van der Waals surface area contributed by atoms with Gasteiger partial charge in [-0.3, -0.25) is 4.68 Å². The third-order valence-corrected chi connectivity index (χ3v) is 3.36. The molecule has 108 valence electrons. The van der Waals surface area contributed by atoms with Crippen molar-refractivity contribution >= 4 is 5.69 Å². The number of hydrogen-bond donors (Lipinski definition) is 1. The summed E-state index contributed by atoms with van der Waals surface area (Å²) in [5.74, 6) is 0.527. The van der Waals surface area contributed by atoms with Gasteiger partial charge in [-0.2, -0.15) is 5.10 Å². The molecular formula is C16H23N3O. The van der Waals surface area contributed by atoms with Gasteiger partial charge in [0.25, 0.3) is 0 Å². The molecule has 4 heteroatoms. The molecular weight excluding hydrogens is 250 g/mol. The molecule has 1 heterocycles. The second kappa shape index (κ2) is 7.10. The summed E-state index contributed by atoms with van der Waals surface area (Å²) < 4.78 is 7.18. The fourth-order valence-electron chi connectivity index (χ4n) is 2.08. The summed E-state index contributed by atoms with van der Waals surface area (Å²) in [4.78, 5) is 0. The van der Waals surface area contributed by atoms with Crippen LogP contribution in [0.4, 0.5) is 5.69 Å². The maximum Gasteiger partial charge on any atom is 0.0666 e. The molecule has 0 fully saturated rings. The third-order valence-electron chi connectivity index (χ3n) is 3.36. The van der Waals surface area contributed by atoms with Gasteiger partial charge in [0.2, 0.25) is 0 Å². The largest absolute Gasteiger partial charge is 0.383 e. The van der Waals surface area contributed by atoms with Crippen molar-refractivity contribution in [1.29, 1.82) is 0 Å². The summed E-state index contributed by atoms with van der Waals surface area (Å²) in [6.45, 7) is 5.91. The number of nitrogens with one attached hydrogen (secondary N) is 1. The van der Waals surface area contributed by atoms with Crippen LogP contribution in [0, 0.1) is 5.92 Å². The van der Waals surface area contributed by atoms with Gasteiger partial charge in [0.1, 0.15) is 0 Å². The lowest BCUT2D eigenvalue weighted by molar-refractivity contribution is 0.171. The van der Waals surface area contributed by atoms with Crippen LogP contribution in [0.3, 0.4) is 0 Å². The summed E-state index contributed by atoms with van der Waals surface area (Å²) in [5.41, 5.74) is 2.37. The van der Waals surface area contributed by atoms with E-state index in [-0.39, 0.29) is 0 Å². The molecule has 2 aromatic rings. The fourth-order valence-corrected chi connectivity index (χ4v) is 2.08. The predicted molar refractivity (Wildman–Crippen MR) is 81.9 cm³/mol. The van der Waals surface area contributed by atoms with Crippen LogP contribution in [0.15, 0.2) is 42.7 Å². The first kappa shape index (κ1) is 14.6. The topological polar surface area (TPSA) is 39.1 Å². The average Bonchev–Trinajstić information content (AvgIpc) is 2.93. The summed E-state index contributed by atoms with van der Waals surface area (Å²) >= 11 is 0. The van der Waals surface area contributed by atoms with Gasteiger partial charge in [-0.15, -0.1) is 0 Å². The van der Waals surface area contributed by atoms with Crippen LogP contribution in [0.25, 0.3) is 0 Å². The van der Waals surface area contributed by atoms with E-state index in [9.17, 15) is 0 Å².